The lowest BCUT2D eigenvalue weighted by molar-refractivity contribution is -0.131. The lowest BCUT2D eigenvalue weighted by Crippen LogP contribution is -2.41. The van der Waals surface area contributed by atoms with Crippen LogP contribution in [0.5, 0.6) is 0 Å². The third-order valence-electron chi connectivity index (χ3n) is 3.91. The number of aryl methyl sites for hydroxylation is 1. The first-order chi connectivity index (χ1) is 10.9. The molecule has 1 atom stereocenters. The Hall–Kier alpha value is -2.06. The molecule has 0 aliphatic carbocycles. The first-order valence-corrected chi connectivity index (χ1v) is 9.40. The summed E-state index contributed by atoms with van der Waals surface area (Å²) < 4.78 is 23.2. The van der Waals surface area contributed by atoms with Crippen LogP contribution in [0.1, 0.15) is 24.0 Å². The first kappa shape index (κ1) is 17.3. The Morgan fingerprint density at radius 2 is 2.09 bits per heavy atom. The molecule has 1 unspecified atom stereocenters. The SMILES string of the molecule is C#CCN(C(=O)CC=Cc1ccc(C)cc1)C1CCS(=O)(=O)C1. The van der Waals surface area contributed by atoms with Crippen LogP contribution < -0.4 is 0 Å². The Labute approximate surface area is 138 Å². The second-order valence-electron chi connectivity index (χ2n) is 5.80. The van der Waals surface area contributed by atoms with Crippen molar-refractivity contribution in [3.63, 3.8) is 0 Å². The van der Waals surface area contributed by atoms with Gasteiger partial charge in [-0.15, -0.1) is 6.42 Å². The minimum absolute atomic E-state index is 0.0160. The minimum atomic E-state index is -3.04. The van der Waals surface area contributed by atoms with Crippen molar-refractivity contribution in [3.05, 3.63) is 41.5 Å². The highest BCUT2D eigenvalue weighted by Crippen LogP contribution is 2.18. The normalized spacial score (nSPS) is 19.6. The molecule has 0 N–H and O–H groups in total. The molecule has 1 saturated heterocycles. The van der Waals surface area contributed by atoms with E-state index in [0.717, 1.165) is 5.56 Å². The Kier molecular flexibility index (Phi) is 5.62. The van der Waals surface area contributed by atoms with Gasteiger partial charge in [-0.25, -0.2) is 8.42 Å². The molecule has 1 heterocycles. The number of amides is 1. The predicted octanol–water partition coefficient (Wildman–Crippen LogP) is 2.05. The lowest BCUT2D eigenvalue weighted by atomic mass is 10.1. The molecule has 1 aliphatic heterocycles. The molecule has 1 fully saturated rings. The van der Waals surface area contributed by atoms with E-state index >= 15 is 0 Å². The van der Waals surface area contributed by atoms with E-state index in [2.05, 4.69) is 5.92 Å². The summed E-state index contributed by atoms with van der Waals surface area (Å²) in [5.41, 5.74) is 2.20. The average molecular weight is 331 g/mol. The second-order valence-corrected chi connectivity index (χ2v) is 8.03. The summed E-state index contributed by atoms with van der Waals surface area (Å²) in [6.45, 7) is 2.17. The maximum absolute atomic E-state index is 12.4. The molecular formula is C18H21NO3S. The highest BCUT2D eigenvalue weighted by molar-refractivity contribution is 7.91. The number of nitrogens with zero attached hydrogens (tertiary/aromatic N) is 1. The van der Waals surface area contributed by atoms with Crippen molar-refractivity contribution in [2.24, 2.45) is 0 Å². The van der Waals surface area contributed by atoms with Crippen LogP contribution in [0.4, 0.5) is 0 Å². The van der Waals surface area contributed by atoms with Gasteiger partial charge in [0.15, 0.2) is 9.84 Å². The predicted molar refractivity (Wildman–Crippen MR) is 92.4 cm³/mol. The molecule has 0 aromatic heterocycles. The molecule has 0 spiro atoms. The van der Waals surface area contributed by atoms with Crippen molar-refractivity contribution >= 4 is 21.8 Å². The molecule has 2 rings (SSSR count). The van der Waals surface area contributed by atoms with Gasteiger partial charge in [-0.2, -0.15) is 0 Å². The van der Waals surface area contributed by atoms with E-state index in [0.29, 0.717) is 6.42 Å². The number of sulfone groups is 1. The van der Waals surface area contributed by atoms with Crippen LogP contribution in [0.2, 0.25) is 0 Å². The summed E-state index contributed by atoms with van der Waals surface area (Å²) in [7, 11) is -3.04. The number of hydrogen-bond acceptors (Lipinski definition) is 3. The van der Waals surface area contributed by atoms with E-state index in [1.54, 1.807) is 6.08 Å². The molecule has 122 valence electrons. The molecule has 1 amide bonds. The van der Waals surface area contributed by atoms with E-state index in [4.69, 9.17) is 6.42 Å². The zero-order chi connectivity index (χ0) is 16.9. The third kappa shape index (κ3) is 4.97. The fraction of sp³-hybridized carbons (Fsp3) is 0.389. The van der Waals surface area contributed by atoms with E-state index in [-0.39, 0.29) is 36.4 Å². The van der Waals surface area contributed by atoms with E-state index in [1.165, 1.54) is 10.5 Å². The molecular weight excluding hydrogens is 310 g/mol. The van der Waals surface area contributed by atoms with Gasteiger partial charge < -0.3 is 4.90 Å². The van der Waals surface area contributed by atoms with Crippen LogP contribution in [0.15, 0.2) is 30.3 Å². The van der Waals surface area contributed by atoms with Crippen LogP contribution in [-0.2, 0) is 14.6 Å². The van der Waals surface area contributed by atoms with Crippen molar-refractivity contribution in [3.8, 4) is 12.3 Å². The van der Waals surface area contributed by atoms with Gasteiger partial charge in [0.2, 0.25) is 5.91 Å². The lowest BCUT2D eigenvalue weighted by Gasteiger charge is -2.25. The van der Waals surface area contributed by atoms with Crippen LogP contribution in [0.25, 0.3) is 6.08 Å². The van der Waals surface area contributed by atoms with Crippen molar-refractivity contribution in [1.82, 2.24) is 4.90 Å². The van der Waals surface area contributed by atoms with Gasteiger partial charge in [0.05, 0.1) is 18.1 Å². The van der Waals surface area contributed by atoms with Gasteiger partial charge in [0.25, 0.3) is 0 Å². The van der Waals surface area contributed by atoms with Crippen LogP contribution in [-0.4, -0.2) is 43.3 Å². The molecule has 23 heavy (non-hydrogen) atoms. The zero-order valence-corrected chi connectivity index (χ0v) is 14.1. The summed E-state index contributed by atoms with van der Waals surface area (Å²) in [4.78, 5) is 13.9. The van der Waals surface area contributed by atoms with Crippen molar-refractivity contribution in [2.45, 2.75) is 25.8 Å². The Morgan fingerprint density at radius 1 is 1.39 bits per heavy atom. The van der Waals surface area contributed by atoms with Crippen LogP contribution in [0, 0.1) is 19.3 Å². The van der Waals surface area contributed by atoms with E-state index in [1.807, 2.05) is 37.3 Å². The number of rotatable bonds is 5. The van der Waals surface area contributed by atoms with E-state index < -0.39 is 9.84 Å². The fourth-order valence-electron chi connectivity index (χ4n) is 2.63. The molecule has 0 bridgehead atoms. The standard InChI is InChI=1S/C18H21NO3S/c1-3-12-19(17-11-13-23(21,22)14-17)18(20)6-4-5-16-9-7-15(2)8-10-16/h1,4-5,7-10,17H,6,11-14H2,2H3. The number of carbonyl (C=O) groups excluding carboxylic acids is 1. The summed E-state index contributed by atoms with van der Waals surface area (Å²) in [5.74, 6) is 2.47. The molecule has 1 aromatic rings. The van der Waals surface area contributed by atoms with Crippen LogP contribution >= 0.6 is 0 Å². The quantitative estimate of drug-likeness (QED) is 0.776. The maximum atomic E-state index is 12.4. The number of hydrogen-bond donors (Lipinski definition) is 0. The second kappa shape index (κ2) is 7.47. The highest BCUT2D eigenvalue weighted by atomic mass is 32.2. The summed E-state index contributed by atoms with van der Waals surface area (Å²) in [5, 5.41) is 0. The minimum Gasteiger partial charge on any atom is -0.327 e. The van der Waals surface area contributed by atoms with E-state index in [9.17, 15) is 13.2 Å². The Morgan fingerprint density at radius 3 is 2.65 bits per heavy atom. The van der Waals surface area contributed by atoms with Gasteiger partial charge in [0.1, 0.15) is 0 Å². The molecule has 1 aliphatic rings. The van der Waals surface area contributed by atoms with Crippen LogP contribution in [0.3, 0.4) is 0 Å². The number of benzene rings is 1. The number of terminal acetylenes is 1. The van der Waals surface area contributed by atoms with Crippen molar-refractivity contribution in [2.75, 3.05) is 18.1 Å². The maximum Gasteiger partial charge on any atom is 0.227 e. The molecule has 1 aromatic carbocycles. The molecule has 5 heteroatoms. The third-order valence-corrected chi connectivity index (χ3v) is 5.66. The molecule has 4 nitrogen and oxygen atoms in total. The largest absolute Gasteiger partial charge is 0.327 e. The summed E-state index contributed by atoms with van der Waals surface area (Å²) in [6, 6.07) is 7.69. The van der Waals surface area contributed by atoms with Gasteiger partial charge in [-0.05, 0) is 18.9 Å². The Bertz CT molecular complexity index is 727. The molecule has 0 saturated carbocycles. The summed E-state index contributed by atoms with van der Waals surface area (Å²) >= 11 is 0. The zero-order valence-electron chi connectivity index (χ0n) is 13.2. The summed E-state index contributed by atoms with van der Waals surface area (Å²) in [6.07, 6.45) is 9.69. The van der Waals surface area contributed by atoms with Crippen molar-refractivity contribution < 1.29 is 13.2 Å². The average Bonchev–Trinajstić information content (AvgIpc) is 2.86. The Balaban J connectivity index is 1.98. The smallest absolute Gasteiger partial charge is 0.227 e. The van der Waals surface area contributed by atoms with Crippen molar-refractivity contribution in [1.29, 1.82) is 0 Å². The van der Waals surface area contributed by atoms with Gasteiger partial charge in [-0.1, -0.05) is 47.9 Å². The first-order valence-electron chi connectivity index (χ1n) is 7.58. The fourth-order valence-corrected chi connectivity index (χ4v) is 4.36. The van der Waals surface area contributed by atoms with Gasteiger partial charge >= 0.3 is 0 Å². The highest BCUT2D eigenvalue weighted by Gasteiger charge is 2.33. The molecule has 0 radical (unpaired) electrons. The number of carbonyl (C=O) groups is 1. The van der Waals surface area contributed by atoms with Gasteiger partial charge in [0, 0.05) is 12.5 Å². The van der Waals surface area contributed by atoms with Gasteiger partial charge in [-0.3, -0.25) is 4.79 Å². The topological polar surface area (TPSA) is 54.5 Å². The monoisotopic (exact) mass is 331 g/mol.